The fraction of sp³-hybridized carbons (Fsp3) is 0.714. The van der Waals surface area contributed by atoms with Gasteiger partial charge in [-0.25, -0.2) is 0 Å². The van der Waals surface area contributed by atoms with Gasteiger partial charge >= 0.3 is 0 Å². The first-order chi connectivity index (χ1) is 10.1. The Morgan fingerprint density at radius 3 is 1.82 bits per heavy atom. The van der Waals surface area contributed by atoms with Gasteiger partial charge in [-0.1, -0.05) is 6.92 Å². The first-order valence-corrected chi connectivity index (χ1v) is 7.20. The van der Waals surface area contributed by atoms with Crippen LogP contribution < -0.4 is 21.7 Å². The van der Waals surface area contributed by atoms with Crippen LogP contribution in [0.2, 0.25) is 0 Å². The van der Waals surface area contributed by atoms with Crippen molar-refractivity contribution in [3.05, 3.63) is 0 Å². The summed E-state index contributed by atoms with van der Waals surface area (Å²) in [7, 11) is 1.47. The molecule has 4 unspecified atom stereocenters. The maximum Gasteiger partial charge on any atom is 0.242 e. The molecule has 0 aliphatic carbocycles. The molecule has 0 saturated carbocycles. The van der Waals surface area contributed by atoms with E-state index in [9.17, 15) is 19.2 Å². The van der Waals surface area contributed by atoms with Gasteiger partial charge in [0.1, 0.15) is 6.04 Å². The molecular formula is C14H26N4O4. The van der Waals surface area contributed by atoms with Gasteiger partial charge in [0, 0.05) is 19.4 Å². The van der Waals surface area contributed by atoms with Crippen LogP contribution in [0.25, 0.3) is 0 Å². The smallest absolute Gasteiger partial charge is 0.242 e. The highest BCUT2D eigenvalue weighted by atomic mass is 16.2. The lowest BCUT2D eigenvalue weighted by Crippen LogP contribution is -2.48. The van der Waals surface area contributed by atoms with Crippen LogP contribution in [0.3, 0.4) is 0 Å². The molecule has 0 bridgehead atoms. The summed E-state index contributed by atoms with van der Waals surface area (Å²) in [5, 5.41) is 7.43. The maximum absolute atomic E-state index is 12.0. The number of nitrogens with two attached hydrogens (primary N) is 1. The zero-order chi connectivity index (χ0) is 17.4. The van der Waals surface area contributed by atoms with E-state index in [0.717, 1.165) is 0 Å². The minimum absolute atomic E-state index is 0.0350. The summed E-state index contributed by atoms with van der Waals surface area (Å²) in [6.45, 7) is 6.20. The van der Waals surface area contributed by atoms with E-state index in [0.29, 0.717) is 0 Å². The van der Waals surface area contributed by atoms with E-state index >= 15 is 0 Å². The number of rotatable bonds is 8. The topological polar surface area (TPSA) is 130 Å². The molecule has 0 saturated heterocycles. The van der Waals surface area contributed by atoms with Crippen molar-refractivity contribution in [3.63, 3.8) is 0 Å². The van der Waals surface area contributed by atoms with Gasteiger partial charge in [0.05, 0.1) is 12.1 Å². The van der Waals surface area contributed by atoms with E-state index in [1.54, 1.807) is 20.8 Å². The highest BCUT2D eigenvalue weighted by Gasteiger charge is 2.24. The number of hydrogen-bond acceptors (Lipinski definition) is 5. The zero-order valence-electron chi connectivity index (χ0n) is 13.7. The molecule has 0 aromatic heterocycles. The Bertz CT molecular complexity index is 437. The van der Waals surface area contributed by atoms with E-state index in [4.69, 9.17) is 5.73 Å². The molecule has 0 aromatic carbocycles. The molecule has 3 amide bonds. The largest absolute Gasteiger partial charge is 0.357 e. The Kier molecular flexibility index (Phi) is 8.32. The molecule has 0 heterocycles. The third kappa shape index (κ3) is 6.66. The number of carbonyl (C=O) groups is 4. The molecule has 22 heavy (non-hydrogen) atoms. The van der Waals surface area contributed by atoms with Crippen LogP contribution in [0.1, 0.15) is 34.1 Å². The second-order valence-electron chi connectivity index (χ2n) is 5.43. The monoisotopic (exact) mass is 314 g/mol. The quantitative estimate of drug-likeness (QED) is 0.441. The number of carbonyl (C=O) groups excluding carboxylic acids is 4. The molecule has 4 atom stereocenters. The lowest BCUT2D eigenvalue weighted by molar-refractivity contribution is -0.133. The molecule has 8 heteroatoms. The molecule has 0 aromatic rings. The molecular weight excluding hydrogens is 288 g/mol. The minimum atomic E-state index is -0.717. The van der Waals surface area contributed by atoms with Crippen molar-refractivity contribution in [2.45, 2.75) is 52.2 Å². The number of nitrogens with one attached hydrogen (secondary N) is 3. The Morgan fingerprint density at radius 2 is 1.36 bits per heavy atom. The van der Waals surface area contributed by atoms with Gasteiger partial charge in [0.2, 0.25) is 17.7 Å². The summed E-state index contributed by atoms with van der Waals surface area (Å²) >= 11 is 0. The van der Waals surface area contributed by atoms with Crippen LogP contribution in [-0.2, 0) is 19.2 Å². The van der Waals surface area contributed by atoms with Crippen LogP contribution >= 0.6 is 0 Å². The highest BCUT2D eigenvalue weighted by Crippen LogP contribution is 2.06. The van der Waals surface area contributed by atoms with Gasteiger partial charge in [0.15, 0.2) is 5.78 Å². The van der Waals surface area contributed by atoms with Gasteiger partial charge in [-0.3, -0.25) is 19.2 Å². The Balaban J connectivity index is 4.42. The standard InChI is InChI=1S/C14H26N4O4/c1-7(12(20)18-10(4)14(22)16-5)6-11(19)9(3)17-13(21)8(2)15/h7-10H,6,15H2,1-5H3,(H,16,22)(H,17,21)(H,18,20). The zero-order valence-corrected chi connectivity index (χ0v) is 13.7. The van der Waals surface area contributed by atoms with Gasteiger partial charge in [-0.05, 0) is 20.8 Å². The van der Waals surface area contributed by atoms with Crippen molar-refractivity contribution >= 4 is 23.5 Å². The molecule has 0 aliphatic heterocycles. The first kappa shape index (κ1) is 20.0. The van der Waals surface area contributed by atoms with E-state index in [1.165, 1.54) is 14.0 Å². The predicted molar refractivity (Wildman–Crippen MR) is 81.7 cm³/mol. The third-order valence-corrected chi connectivity index (χ3v) is 3.21. The number of ketones is 1. The van der Waals surface area contributed by atoms with E-state index < -0.39 is 35.9 Å². The van der Waals surface area contributed by atoms with Gasteiger partial charge in [-0.15, -0.1) is 0 Å². The van der Waals surface area contributed by atoms with Crippen molar-refractivity contribution in [1.82, 2.24) is 16.0 Å². The summed E-state index contributed by atoms with van der Waals surface area (Å²) in [6.07, 6.45) is -0.0350. The van der Waals surface area contributed by atoms with Crippen LogP contribution in [0.5, 0.6) is 0 Å². The third-order valence-electron chi connectivity index (χ3n) is 3.21. The fourth-order valence-corrected chi connectivity index (χ4v) is 1.63. The molecule has 8 nitrogen and oxygen atoms in total. The summed E-state index contributed by atoms with van der Waals surface area (Å²) < 4.78 is 0. The summed E-state index contributed by atoms with van der Waals surface area (Å²) in [6, 6.07) is -2.10. The van der Waals surface area contributed by atoms with Gasteiger partial charge in [-0.2, -0.15) is 0 Å². The average Bonchev–Trinajstić information content (AvgIpc) is 2.45. The van der Waals surface area contributed by atoms with Gasteiger partial charge < -0.3 is 21.7 Å². The van der Waals surface area contributed by atoms with Crippen molar-refractivity contribution < 1.29 is 19.2 Å². The molecule has 0 radical (unpaired) electrons. The van der Waals surface area contributed by atoms with Crippen LogP contribution in [-0.4, -0.2) is 48.7 Å². The van der Waals surface area contributed by atoms with Crippen LogP contribution in [0.4, 0.5) is 0 Å². The van der Waals surface area contributed by atoms with Crippen molar-refractivity contribution in [3.8, 4) is 0 Å². The summed E-state index contributed by atoms with van der Waals surface area (Å²) in [5.74, 6) is -2.01. The average molecular weight is 314 g/mol. The molecule has 126 valence electrons. The first-order valence-electron chi connectivity index (χ1n) is 7.20. The summed E-state index contributed by atoms with van der Waals surface area (Å²) in [4.78, 5) is 46.6. The second-order valence-corrected chi connectivity index (χ2v) is 5.43. The number of hydrogen-bond donors (Lipinski definition) is 4. The van der Waals surface area contributed by atoms with Crippen molar-refractivity contribution in [2.24, 2.45) is 11.7 Å². The van der Waals surface area contributed by atoms with E-state index in [2.05, 4.69) is 16.0 Å². The van der Waals surface area contributed by atoms with Crippen LogP contribution in [0.15, 0.2) is 0 Å². The lowest BCUT2D eigenvalue weighted by Gasteiger charge is -2.18. The Morgan fingerprint density at radius 1 is 0.864 bits per heavy atom. The molecule has 5 N–H and O–H groups in total. The lowest BCUT2D eigenvalue weighted by atomic mass is 9.99. The Hall–Kier alpha value is -1.96. The highest BCUT2D eigenvalue weighted by molar-refractivity contribution is 5.94. The normalized spacial score (nSPS) is 15.9. The van der Waals surface area contributed by atoms with E-state index in [1.807, 2.05) is 0 Å². The van der Waals surface area contributed by atoms with Crippen molar-refractivity contribution in [1.29, 1.82) is 0 Å². The number of likely N-dealkylation sites (N-methyl/N-ethyl adjacent to an activating group) is 1. The number of amides is 3. The molecule has 0 fully saturated rings. The molecule has 0 rings (SSSR count). The SMILES string of the molecule is CNC(=O)C(C)NC(=O)C(C)CC(=O)C(C)NC(=O)C(C)N. The Labute approximate surface area is 130 Å². The van der Waals surface area contributed by atoms with Gasteiger partial charge in [0.25, 0.3) is 0 Å². The van der Waals surface area contributed by atoms with E-state index in [-0.39, 0.29) is 18.1 Å². The van der Waals surface area contributed by atoms with Crippen LogP contribution in [0, 0.1) is 5.92 Å². The second kappa shape index (κ2) is 9.14. The molecule has 0 aliphatic rings. The summed E-state index contributed by atoms with van der Waals surface area (Å²) in [5.41, 5.74) is 5.40. The maximum atomic E-state index is 12.0. The van der Waals surface area contributed by atoms with Crippen molar-refractivity contribution in [2.75, 3.05) is 7.05 Å². The number of Topliss-reactive ketones (excluding diaryl/α,β-unsaturated/α-hetero) is 1. The molecule has 0 spiro atoms. The minimum Gasteiger partial charge on any atom is -0.357 e. The predicted octanol–water partition coefficient (Wildman–Crippen LogP) is -1.32. The fourth-order valence-electron chi connectivity index (χ4n) is 1.63.